The molecule has 4 nitrogen and oxygen atoms in total. The van der Waals surface area contributed by atoms with Gasteiger partial charge in [-0.3, -0.25) is 0 Å². The minimum atomic E-state index is -4.54. The Balaban J connectivity index is 2.35. The summed E-state index contributed by atoms with van der Waals surface area (Å²) in [5.74, 6) is -0.589. The van der Waals surface area contributed by atoms with Crippen molar-refractivity contribution in [1.29, 1.82) is 0 Å². The third kappa shape index (κ3) is 3.47. The minimum Gasteiger partial charge on any atom is -0.373 e. The number of aromatic nitrogens is 2. The molecule has 1 fully saturated rings. The maximum absolute atomic E-state index is 12.8. The Morgan fingerprint density at radius 3 is 2.35 bits per heavy atom. The first-order valence-electron chi connectivity index (χ1n) is 6.34. The molecule has 0 amide bonds. The lowest BCUT2D eigenvalue weighted by molar-refractivity contribution is -0.144. The molecule has 1 aliphatic rings. The smallest absolute Gasteiger partial charge is 0.373 e. The van der Waals surface area contributed by atoms with Crippen LogP contribution in [0.2, 0.25) is 0 Å². The van der Waals surface area contributed by atoms with Gasteiger partial charge in [0.15, 0.2) is 0 Å². The molecule has 2 unspecified atom stereocenters. The standard InChI is InChI=1S/C12H17F3N4S/c1-7-5-19(6-8(2)20-7)10-4-9(16-3)17-11(18-10)12(13,14)15/h4,7-8H,5-6H2,1-3H3,(H,16,17,18). The van der Waals surface area contributed by atoms with Crippen LogP contribution in [0.4, 0.5) is 24.8 Å². The van der Waals surface area contributed by atoms with E-state index in [-0.39, 0.29) is 5.82 Å². The van der Waals surface area contributed by atoms with Crippen LogP contribution in [0, 0.1) is 0 Å². The molecule has 112 valence electrons. The number of thioether (sulfide) groups is 1. The van der Waals surface area contributed by atoms with Crippen molar-refractivity contribution < 1.29 is 13.2 Å². The quantitative estimate of drug-likeness (QED) is 0.910. The van der Waals surface area contributed by atoms with Crippen molar-refractivity contribution in [1.82, 2.24) is 9.97 Å². The highest BCUT2D eigenvalue weighted by atomic mass is 32.2. The van der Waals surface area contributed by atoms with Gasteiger partial charge in [0.2, 0.25) is 5.82 Å². The van der Waals surface area contributed by atoms with Crippen LogP contribution in [0.25, 0.3) is 0 Å². The summed E-state index contributed by atoms with van der Waals surface area (Å²) in [4.78, 5) is 9.06. The Bertz CT molecular complexity index is 470. The van der Waals surface area contributed by atoms with E-state index >= 15 is 0 Å². The summed E-state index contributed by atoms with van der Waals surface area (Å²) in [7, 11) is 1.55. The molecule has 0 radical (unpaired) electrons. The van der Waals surface area contributed by atoms with Crippen molar-refractivity contribution in [2.45, 2.75) is 30.5 Å². The van der Waals surface area contributed by atoms with Crippen molar-refractivity contribution in [2.75, 3.05) is 30.4 Å². The van der Waals surface area contributed by atoms with E-state index in [2.05, 4.69) is 29.1 Å². The van der Waals surface area contributed by atoms with Crippen LogP contribution in [-0.2, 0) is 6.18 Å². The third-order valence-electron chi connectivity index (χ3n) is 2.97. The highest BCUT2D eigenvalue weighted by molar-refractivity contribution is 8.00. The molecular weight excluding hydrogens is 289 g/mol. The van der Waals surface area contributed by atoms with Crippen LogP contribution in [0.3, 0.4) is 0 Å². The van der Waals surface area contributed by atoms with Crippen LogP contribution in [0.15, 0.2) is 6.07 Å². The first kappa shape index (κ1) is 15.2. The number of anilines is 2. The second-order valence-electron chi connectivity index (χ2n) is 4.85. The van der Waals surface area contributed by atoms with E-state index in [0.717, 1.165) is 0 Å². The maximum atomic E-state index is 12.8. The molecule has 1 aliphatic heterocycles. The van der Waals surface area contributed by atoms with Crippen molar-refractivity contribution in [3.8, 4) is 0 Å². The minimum absolute atomic E-state index is 0.181. The number of alkyl halides is 3. The Labute approximate surface area is 120 Å². The van der Waals surface area contributed by atoms with Gasteiger partial charge < -0.3 is 10.2 Å². The fraction of sp³-hybridized carbons (Fsp3) is 0.667. The van der Waals surface area contributed by atoms with Crippen molar-refractivity contribution in [3.05, 3.63) is 11.9 Å². The molecule has 0 bridgehead atoms. The van der Waals surface area contributed by atoms with E-state index < -0.39 is 12.0 Å². The SMILES string of the molecule is CNc1cc(N2CC(C)SC(C)C2)nc(C(F)(F)F)n1. The van der Waals surface area contributed by atoms with Gasteiger partial charge in [0, 0.05) is 36.7 Å². The first-order chi connectivity index (χ1) is 9.29. The number of nitrogens with one attached hydrogen (secondary N) is 1. The largest absolute Gasteiger partial charge is 0.451 e. The fourth-order valence-corrected chi connectivity index (χ4v) is 3.54. The molecule has 0 aromatic carbocycles. The van der Waals surface area contributed by atoms with E-state index in [1.807, 2.05) is 16.7 Å². The van der Waals surface area contributed by atoms with Crippen molar-refractivity contribution in [3.63, 3.8) is 0 Å². The highest BCUT2D eigenvalue weighted by Gasteiger charge is 2.36. The van der Waals surface area contributed by atoms with Crippen LogP contribution in [0.1, 0.15) is 19.7 Å². The van der Waals surface area contributed by atoms with Crippen molar-refractivity contribution >= 4 is 23.4 Å². The number of rotatable bonds is 2. The number of nitrogens with zero attached hydrogens (tertiary/aromatic N) is 3. The zero-order chi connectivity index (χ0) is 14.9. The molecule has 2 heterocycles. The molecule has 1 aromatic rings. The molecule has 0 saturated carbocycles. The molecule has 1 aromatic heterocycles. The Morgan fingerprint density at radius 2 is 1.85 bits per heavy atom. The summed E-state index contributed by atoms with van der Waals surface area (Å²) < 4.78 is 38.5. The summed E-state index contributed by atoms with van der Waals surface area (Å²) in [5, 5.41) is 3.38. The van der Waals surface area contributed by atoms with E-state index in [1.54, 1.807) is 13.1 Å². The number of halogens is 3. The monoisotopic (exact) mass is 306 g/mol. The lowest BCUT2D eigenvalue weighted by Crippen LogP contribution is -2.41. The van der Waals surface area contributed by atoms with E-state index in [1.165, 1.54) is 0 Å². The predicted octanol–water partition coefficient (Wildman–Crippen LogP) is 2.87. The third-order valence-corrected chi connectivity index (χ3v) is 4.19. The summed E-state index contributed by atoms with van der Waals surface area (Å²) in [6, 6.07) is 1.56. The molecule has 20 heavy (non-hydrogen) atoms. The first-order valence-corrected chi connectivity index (χ1v) is 7.28. The molecule has 1 saturated heterocycles. The molecule has 8 heteroatoms. The van der Waals surface area contributed by atoms with Gasteiger partial charge in [0.05, 0.1) is 0 Å². The Hall–Kier alpha value is -1.18. The topological polar surface area (TPSA) is 41.0 Å². The Kier molecular flexibility index (Phi) is 4.31. The summed E-state index contributed by atoms with van der Waals surface area (Å²) in [6.45, 7) is 5.51. The van der Waals surface area contributed by atoms with E-state index in [4.69, 9.17) is 0 Å². The summed E-state index contributed by atoms with van der Waals surface area (Å²) in [6.07, 6.45) is -4.54. The highest BCUT2D eigenvalue weighted by Crippen LogP contribution is 2.32. The lowest BCUT2D eigenvalue weighted by Gasteiger charge is -2.35. The molecule has 1 N–H and O–H groups in total. The maximum Gasteiger partial charge on any atom is 0.451 e. The van der Waals surface area contributed by atoms with Crippen LogP contribution in [0.5, 0.6) is 0 Å². The van der Waals surface area contributed by atoms with E-state index in [0.29, 0.717) is 29.4 Å². The van der Waals surface area contributed by atoms with Gasteiger partial charge in [-0.1, -0.05) is 13.8 Å². The van der Waals surface area contributed by atoms with Gasteiger partial charge >= 0.3 is 6.18 Å². The second kappa shape index (κ2) is 5.67. The summed E-state index contributed by atoms with van der Waals surface area (Å²) in [5.41, 5.74) is 0. The molecule has 0 spiro atoms. The average molecular weight is 306 g/mol. The van der Waals surface area contributed by atoms with Gasteiger partial charge in [0.25, 0.3) is 0 Å². The zero-order valence-electron chi connectivity index (χ0n) is 11.5. The second-order valence-corrected chi connectivity index (χ2v) is 6.73. The average Bonchev–Trinajstić information content (AvgIpc) is 2.36. The van der Waals surface area contributed by atoms with E-state index in [9.17, 15) is 13.2 Å². The number of hydrogen-bond donors (Lipinski definition) is 1. The predicted molar refractivity (Wildman–Crippen MR) is 75.3 cm³/mol. The van der Waals surface area contributed by atoms with Gasteiger partial charge in [-0.05, 0) is 0 Å². The molecule has 0 aliphatic carbocycles. The normalized spacial score (nSPS) is 23.8. The zero-order valence-corrected chi connectivity index (χ0v) is 12.3. The van der Waals surface area contributed by atoms with Crippen LogP contribution in [-0.4, -0.2) is 40.6 Å². The lowest BCUT2D eigenvalue weighted by atomic mass is 10.3. The van der Waals surface area contributed by atoms with Gasteiger partial charge in [-0.25, -0.2) is 9.97 Å². The Morgan fingerprint density at radius 1 is 1.25 bits per heavy atom. The molecule has 2 rings (SSSR count). The fourth-order valence-electron chi connectivity index (χ4n) is 2.22. The summed E-state index contributed by atoms with van der Waals surface area (Å²) >= 11 is 1.84. The van der Waals surface area contributed by atoms with Gasteiger partial charge in [-0.15, -0.1) is 0 Å². The van der Waals surface area contributed by atoms with Gasteiger partial charge in [-0.2, -0.15) is 24.9 Å². The van der Waals surface area contributed by atoms with Crippen LogP contribution >= 0.6 is 11.8 Å². The molecular formula is C12H17F3N4S. The van der Waals surface area contributed by atoms with Gasteiger partial charge in [0.1, 0.15) is 11.6 Å². The molecule has 2 atom stereocenters. The number of hydrogen-bond acceptors (Lipinski definition) is 5. The van der Waals surface area contributed by atoms with Crippen LogP contribution < -0.4 is 10.2 Å². The van der Waals surface area contributed by atoms with Crippen molar-refractivity contribution in [2.24, 2.45) is 0 Å².